The summed E-state index contributed by atoms with van der Waals surface area (Å²) in [5.74, 6) is -0.659. The van der Waals surface area contributed by atoms with Crippen LogP contribution in [-0.4, -0.2) is 35.0 Å². The maximum Gasteiger partial charge on any atom is 0.410 e. The zero-order chi connectivity index (χ0) is 18.5. The van der Waals surface area contributed by atoms with E-state index in [0.717, 1.165) is 0 Å². The number of carbonyl (C=O) groups excluding carboxylic acids is 2. The average molecular weight is 358 g/mol. The maximum absolute atomic E-state index is 13.8. The zero-order valence-electron chi connectivity index (χ0n) is 14.9. The summed E-state index contributed by atoms with van der Waals surface area (Å²) in [5, 5.41) is 0.0394. The predicted octanol–water partition coefficient (Wildman–Crippen LogP) is 4.63. The van der Waals surface area contributed by atoms with Crippen molar-refractivity contribution >= 4 is 23.5 Å². The van der Waals surface area contributed by atoms with Gasteiger partial charge in [0, 0.05) is 12.5 Å². The molecule has 0 aliphatic carbocycles. The fourth-order valence-corrected chi connectivity index (χ4v) is 2.26. The van der Waals surface area contributed by atoms with Crippen LogP contribution in [0, 0.1) is 5.82 Å². The molecule has 0 aliphatic rings. The topological polar surface area (TPSA) is 46.6 Å². The van der Waals surface area contributed by atoms with Gasteiger partial charge in [-0.3, -0.25) is 9.69 Å². The fraction of sp³-hybridized carbons (Fsp3) is 0.556. The van der Waals surface area contributed by atoms with Crippen molar-refractivity contribution in [1.82, 2.24) is 4.90 Å². The van der Waals surface area contributed by atoms with E-state index in [1.165, 1.54) is 11.0 Å². The molecule has 1 aromatic rings. The Morgan fingerprint density at radius 2 is 1.92 bits per heavy atom. The second-order valence-electron chi connectivity index (χ2n) is 6.95. The second kappa shape index (κ2) is 8.47. The van der Waals surface area contributed by atoms with E-state index in [9.17, 15) is 14.0 Å². The first-order valence-electron chi connectivity index (χ1n) is 7.95. The molecule has 0 N–H and O–H groups in total. The van der Waals surface area contributed by atoms with Crippen LogP contribution < -0.4 is 0 Å². The van der Waals surface area contributed by atoms with Gasteiger partial charge in [0.05, 0.1) is 11.6 Å². The Hall–Kier alpha value is -1.62. The standard InChI is InChI=1S/C18H25ClFNO3/c1-12(2)21(17(23)24-18(3,4)5)11-14(22)10-9-13-7-6-8-15(19)16(13)20/h6-8,12H,9-11H2,1-5H3. The van der Waals surface area contributed by atoms with Crippen molar-refractivity contribution in [3.63, 3.8) is 0 Å². The van der Waals surface area contributed by atoms with Gasteiger partial charge in [-0.15, -0.1) is 0 Å². The highest BCUT2D eigenvalue weighted by atomic mass is 35.5. The van der Waals surface area contributed by atoms with E-state index in [1.807, 2.05) is 13.8 Å². The number of amides is 1. The largest absolute Gasteiger partial charge is 0.444 e. The van der Waals surface area contributed by atoms with Gasteiger partial charge in [-0.05, 0) is 52.7 Å². The van der Waals surface area contributed by atoms with Gasteiger partial charge in [-0.1, -0.05) is 23.7 Å². The zero-order valence-corrected chi connectivity index (χ0v) is 15.6. The molecule has 0 fully saturated rings. The van der Waals surface area contributed by atoms with Crippen LogP contribution in [0.25, 0.3) is 0 Å². The first kappa shape index (κ1) is 20.4. The Balaban J connectivity index is 2.66. The van der Waals surface area contributed by atoms with Crippen LogP contribution in [0.3, 0.4) is 0 Å². The number of halogens is 2. The number of carbonyl (C=O) groups is 2. The molecule has 134 valence electrons. The molecule has 0 radical (unpaired) electrons. The Labute approximate surface area is 147 Å². The molecule has 0 unspecified atom stereocenters. The summed E-state index contributed by atoms with van der Waals surface area (Å²) in [6.07, 6.45) is -0.158. The monoisotopic (exact) mass is 357 g/mol. The SMILES string of the molecule is CC(C)N(CC(=O)CCc1cccc(Cl)c1F)C(=O)OC(C)(C)C. The minimum absolute atomic E-state index is 0.0394. The normalized spacial score (nSPS) is 11.5. The van der Waals surface area contributed by atoms with Crippen LogP contribution in [0.4, 0.5) is 9.18 Å². The van der Waals surface area contributed by atoms with Crippen LogP contribution in [0.2, 0.25) is 5.02 Å². The van der Waals surface area contributed by atoms with E-state index in [4.69, 9.17) is 16.3 Å². The Morgan fingerprint density at radius 3 is 2.46 bits per heavy atom. The van der Waals surface area contributed by atoms with Gasteiger partial charge < -0.3 is 4.74 Å². The minimum atomic E-state index is -0.628. The summed E-state index contributed by atoms with van der Waals surface area (Å²) in [7, 11) is 0. The number of hydrogen-bond acceptors (Lipinski definition) is 3. The number of aryl methyl sites for hydroxylation is 1. The number of ketones is 1. The second-order valence-corrected chi connectivity index (χ2v) is 7.36. The molecule has 0 saturated heterocycles. The van der Waals surface area contributed by atoms with E-state index >= 15 is 0 Å². The summed E-state index contributed by atoms with van der Waals surface area (Å²) in [5.41, 5.74) is -0.235. The highest BCUT2D eigenvalue weighted by Gasteiger charge is 2.25. The number of hydrogen-bond donors (Lipinski definition) is 0. The van der Waals surface area contributed by atoms with Gasteiger partial charge in [0.2, 0.25) is 0 Å². The van der Waals surface area contributed by atoms with E-state index in [0.29, 0.717) is 5.56 Å². The first-order valence-corrected chi connectivity index (χ1v) is 8.33. The lowest BCUT2D eigenvalue weighted by Crippen LogP contribution is -2.43. The maximum atomic E-state index is 13.8. The molecule has 0 aromatic heterocycles. The van der Waals surface area contributed by atoms with Gasteiger partial charge in [0.1, 0.15) is 11.4 Å². The Morgan fingerprint density at radius 1 is 1.29 bits per heavy atom. The summed E-state index contributed by atoms with van der Waals surface area (Å²) in [6.45, 7) is 8.88. The van der Waals surface area contributed by atoms with Crippen molar-refractivity contribution in [2.75, 3.05) is 6.54 Å². The summed E-state index contributed by atoms with van der Waals surface area (Å²) in [4.78, 5) is 25.8. The van der Waals surface area contributed by atoms with Gasteiger partial charge in [-0.2, -0.15) is 0 Å². The van der Waals surface area contributed by atoms with Crippen molar-refractivity contribution in [2.24, 2.45) is 0 Å². The molecule has 0 bridgehead atoms. The van der Waals surface area contributed by atoms with Crippen molar-refractivity contribution in [3.05, 3.63) is 34.6 Å². The third-order valence-corrected chi connectivity index (χ3v) is 3.59. The molecule has 0 saturated carbocycles. The molecule has 6 heteroatoms. The minimum Gasteiger partial charge on any atom is -0.444 e. The highest BCUT2D eigenvalue weighted by molar-refractivity contribution is 6.30. The molecule has 0 spiro atoms. The molecule has 0 aliphatic heterocycles. The van der Waals surface area contributed by atoms with Crippen molar-refractivity contribution in [2.45, 2.75) is 59.1 Å². The van der Waals surface area contributed by atoms with Crippen LogP contribution in [0.5, 0.6) is 0 Å². The number of Topliss-reactive ketones (excluding diaryl/α,β-unsaturated/α-hetero) is 1. The van der Waals surface area contributed by atoms with E-state index < -0.39 is 17.5 Å². The van der Waals surface area contributed by atoms with Gasteiger partial charge >= 0.3 is 6.09 Å². The lowest BCUT2D eigenvalue weighted by atomic mass is 10.1. The number of nitrogens with zero attached hydrogens (tertiary/aromatic N) is 1. The van der Waals surface area contributed by atoms with Crippen molar-refractivity contribution in [3.8, 4) is 0 Å². The predicted molar refractivity (Wildman–Crippen MR) is 92.8 cm³/mol. The smallest absolute Gasteiger partial charge is 0.410 e. The third kappa shape index (κ3) is 6.48. The van der Waals surface area contributed by atoms with Gasteiger partial charge in [0.25, 0.3) is 0 Å². The lowest BCUT2D eigenvalue weighted by Gasteiger charge is -2.29. The molecular formula is C18H25ClFNO3. The lowest BCUT2D eigenvalue weighted by molar-refractivity contribution is -0.120. The molecule has 0 atom stereocenters. The van der Waals surface area contributed by atoms with E-state index in [2.05, 4.69) is 0 Å². The van der Waals surface area contributed by atoms with Crippen LogP contribution >= 0.6 is 11.6 Å². The molecule has 24 heavy (non-hydrogen) atoms. The van der Waals surface area contributed by atoms with Crippen LogP contribution in [0.15, 0.2) is 18.2 Å². The van der Waals surface area contributed by atoms with Crippen molar-refractivity contribution in [1.29, 1.82) is 0 Å². The number of benzene rings is 1. The highest BCUT2D eigenvalue weighted by Crippen LogP contribution is 2.19. The molecular weight excluding hydrogens is 333 g/mol. The van der Waals surface area contributed by atoms with Crippen LogP contribution in [-0.2, 0) is 16.0 Å². The Kier molecular flexibility index (Phi) is 7.21. The molecule has 1 amide bonds. The molecule has 0 heterocycles. The summed E-state index contributed by atoms with van der Waals surface area (Å²) < 4.78 is 19.1. The van der Waals surface area contributed by atoms with Gasteiger partial charge in [-0.25, -0.2) is 9.18 Å². The van der Waals surface area contributed by atoms with E-state index in [-0.39, 0.29) is 36.2 Å². The van der Waals surface area contributed by atoms with Crippen molar-refractivity contribution < 1.29 is 18.7 Å². The molecule has 1 aromatic carbocycles. The Bertz CT molecular complexity index is 596. The first-order chi connectivity index (χ1) is 11.0. The van der Waals surface area contributed by atoms with Crippen LogP contribution in [0.1, 0.15) is 46.6 Å². The quantitative estimate of drug-likeness (QED) is 0.745. The van der Waals surface area contributed by atoms with Gasteiger partial charge in [0.15, 0.2) is 5.78 Å². The molecule has 4 nitrogen and oxygen atoms in total. The number of rotatable bonds is 6. The van der Waals surface area contributed by atoms with E-state index in [1.54, 1.807) is 32.9 Å². The summed E-state index contributed by atoms with van der Waals surface area (Å²) >= 11 is 5.73. The third-order valence-electron chi connectivity index (χ3n) is 3.30. The fourth-order valence-electron chi connectivity index (χ4n) is 2.06. The molecule has 1 rings (SSSR count). The average Bonchev–Trinajstić information content (AvgIpc) is 2.44. The summed E-state index contributed by atoms with van der Waals surface area (Å²) in [6, 6.07) is 4.53. The number of ether oxygens (including phenoxy) is 1.